The fraction of sp³-hybridized carbons (Fsp3) is 0.167. The number of allylic oxidation sites excluding steroid dienone is 2. The van der Waals surface area contributed by atoms with Crippen LogP contribution in [0.2, 0.25) is 0 Å². The molecule has 1 unspecified atom stereocenters. The van der Waals surface area contributed by atoms with Gasteiger partial charge in [0.25, 0.3) is 0 Å². The van der Waals surface area contributed by atoms with Gasteiger partial charge < -0.3 is 5.32 Å². The van der Waals surface area contributed by atoms with Gasteiger partial charge in [-0.15, -0.1) is 0 Å². The molecule has 0 fully saturated rings. The summed E-state index contributed by atoms with van der Waals surface area (Å²) in [6.45, 7) is 0. The van der Waals surface area contributed by atoms with Crippen LogP contribution in [0.5, 0.6) is 0 Å². The van der Waals surface area contributed by atoms with Gasteiger partial charge in [-0.05, 0) is 6.07 Å². The molecule has 0 aromatic heterocycles. The maximum absolute atomic E-state index is 13.4. The number of halogens is 4. The van der Waals surface area contributed by atoms with Crippen molar-refractivity contribution in [3.63, 3.8) is 0 Å². The highest BCUT2D eigenvalue weighted by Gasteiger charge is 2.33. The average molecular weight is 243 g/mol. The summed E-state index contributed by atoms with van der Waals surface area (Å²) in [6, 6.07) is 5.40. The second-order valence-electron chi connectivity index (χ2n) is 3.62. The van der Waals surface area contributed by atoms with Crippen LogP contribution in [-0.4, -0.2) is 6.18 Å². The highest BCUT2D eigenvalue weighted by molar-refractivity contribution is 5.34. The van der Waals surface area contributed by atoms with Gasteiger partial charge in [0.1, 0.15) is 5.82 Å². The molecule has 2 rings (SSSR count). The first-order valence-electron chi connectivity index (χ1n) is 4.94. The van der Waals surface area contributed by atoms with Crippen LogP contribution >= 0.6 is 0 Å². The topological polar surface area (TPSA) is 12.0 Å². The lowest BCUT2D eigenvalue weighted by molar-refractivity contribution is -0.0888. The summed E-state index contributed by atoms with van der Waals surface area (Å²) in [5.74, 6) is -0.446. The van der Waals surface area contributed by atoms with Crippen molar-refractivity contribution < 1.29 is 17.6 Å². The Bertz CT molecular complexity index is 474. The summed E-state index contributed by atoms with van der Waals surface area (Å²) in [5.41, 5.74) is -0.452. The first kappa shape index (κ1) is 11.7. The van der Waals surface area contributed by atoms with Gasteiger partial charge in [-0.1, -0.05) is 30.4 Å². The molecule has 5 heteroatoms. The summed E-state index contributed by atoms with van der Waals surface area (Å²) >= 11 is 0. The van der Waals surface area contributed by atoms with Crippen molar-refractivity contribution in [3.8, 4) is 0 Å². The summed E-state index contributed by atoms with van der Waals surface area (Å²) in [5, 5.41) is 2.52. The Kier molecular flexibility index (Phi) is 2.92. The Morgan fingerprint density at radius 2 is 1.82 bits per heavy atom. The normalized spacial score (nSPS) is 19.8. The minimum Gasteiger partial charge on any atom is -0.380 e. The van der Waals surface area contributed by atoms with Crippen molar-refractivity contribution in [2.24, 2.45) is 0 Å². The van der Waals surface area contributed by atoms with Crippen LogP contribution < -0.4 is 5.32 Å². The maximum atomic E-state index is 13.4. The molecule has 90 valence electrons. The molecule has 0 saturated carbocycles. The molecule has 0 bridgehead atoms. The Morgan fingerprint density at radius 3 is 2.35 bits per heavy atom. The van der Waals surface area contributed by atoms with E-state index in [0.717, 1.165) is 12.3 Å². The number of dihydropyridines is 1. The van der Waals surface area contributed by atoms with Crippen molar-refractivity contribution in [2.45, 2.75) is 12.2 Å². The van der Waals surface area contributed by atoms with Crippen molar-refractivity contribution >= 4 is 0 Å². The van der Waals surface area contributed by atoms with Gasteiger partial charge in [-0.25, -0.2) is 4.39 Å². The van der Waals surface area contributed by atoms with E-state index < -0.39 is 23.6 Å². The van der Waals surface area contributed by atoms with E-state index in [1.165, 1.54) is 24.3 Å². The Labute approximate surface area is 95.4 Å². The SMILES string of the molecule is Fc1ccccc1C1C=CC(C(F)(F)F)=CN1. The van der Waals surface area contributed by atoms with E-state index in [1.54, 1.807) is 6.07 Å². The van der Waals surface area contributed by atoms with Gasteiger partial charge >= 0.3 is 6.18 Å². The van der Waals surface area contributed by atoms with E-state index in [4.69, 9.17) is 0 Å². The molecule has 1 N–H and O–H groups in total. The second kappa shape index (κ2) is 4.24. The quantitative estimate of drug-likeness (QED) is 0.745. The minimum absolute atomic E-state index is 0.321. The summed E-state index contributed by atoms with van der Waals surface area (Å²) in [6.07, 6.45) is -1.28. The highest BCUT2D eigenvalue weighted by Crippen LogP contribution is 2.30. The molecule has 1 aliphatic rings. The molecule has 1 atom stereocenters. The third kappa shape index (κ3) is 2.49. The number of hydrogen-bond acceptors (Lipinski definition) is 1. The predicted octanol–water partition coefficient (Wildman–Crippen LogP) is 3.47. The average Bonchev–Trinajstić information content (AvgIpc) is 2.29. The smallest absolute Gasteiger partial charge is 0.380 e. The first-order valence-corrected chi connectivity index (χ1v) is 4.94. The van der Waals surface area contributed by atoms with Crippen molar-refractivity contribution in [1.29, 1.82) is 0 Å². The molecule has 0 aliphatic carbocycles. The molecule has 1 heterocycles. The third-order valence-corrected chi connectivity index (χ3v) is 2.45. The standard InChI is InChI=1S/C12H9F4N/c13-10-4-2-1-3-9(10)11-6-5-8(7-17-11)12(14,15)16/h1-7,11,17H. The van der Waals surface area contributed by atoms with E-state index in [-0.39, 0.29) is 0 Å². The molecule has 0 amide bonds. The monoisotopic (exact) mass is 243 g/mol. The molecule has 0 saturated heterocycles. The van der Waals surface area contributed by atoms with Crippen LogP contribution in [0.1, 0.15) is 11.6 Å². The predicted molar refractivity (Wildman–Crippen MR) is 55.6 cm³/mol. The zero-order valence-electron chi connectivity index (χ0n) is 8.63. The molecular formula is C12H9F4N. The van der Waals surface area contributed by atoms with Crippen LogP contribution in [0.15, 0.2) is 48.2 Å². The Morgan fingerprint density at radius 1 is 1.12 bits per heavy atom. The van der Waals surface area contributed by atoms with Gasteiger partial charge in [0, 0.05) is 11.8 Å². The van der Waals surface area contributed by atoms with E-state index in [9.17, 15) is 17.6 Å². The van der Waals surface area contributed by atoms with E-state index >= 15 is 0 Å². The van der Waals surface area contributed by atoms with Gasteiger partial charge in [0.05, 0.1) is 11.6 Å². The largest absolute Gasteiger partial charge is 0.417 e. The zero-order chi connectivity index (χ0) is 12.5. The first-order chi connectivity index (χ1) is 7.98. The Hall–Kier alpha value is -1.78. The molecule has 1 aliphatic heterocycles. The van der Waals surface area contributed by atoms with E-state index in [1.807, 2.05) is 0 Å². The lowest BCUT2D eigenvalue weighted by Gasteiger charge is -2.20. The number of rotatable bonds is 1. The fourth-order valence-corrected chi connectivity index (χ4v) is 1.58. The summed E-state index contributed by atoms with van der Waals surface area (Å²) in [4.78, 5) is 0. The molecule has 1 nitrogen and oxygen atoms in total. The molecule has 1 aromatic carbocycles. The molecular weight excluding hydrogens is 234 g/mol. The van der Waals surface area contributed by atoms with E-state index in [0.29, 0.717) is 5.56 Å². The second-order valence-corrected chi connectivity index (χ2v) is 3.62. The molecule has 17 heavy (non-hydrogen) atoms. The van der Waals surface area contributed by atoms with Gasteiger partial charge in [-0.2, -0.15) is 13.2 Å². The van der Waals surface area contributed by atoms with Gasteiger partial charge in [0.2, 0.25) is 0 Å². The van der Waals surface area contributed by atoms with Crippen LogP contribution in [0.25, 0.3) is 0 Å². The van der Waals surface area contributed by atoms with Crippen LogP contribution in [-0.2, 0) is 0 Å². The summed E-state index contributed by atoms with van der Waals surface area (Å²) in [7, 11) is 0. The number of benzene rings is 1. The highest BCUT2D eigenvalue weighted by atomic mass is 19.4. The van der Waals surface area contributed by atoms with Crippen molar-refractivity contribution in [1.82, 2.24) is 5.32 Å². The van der Waals surface area contributed by atoms with Crippen molar-refractivity contribution in [3.05, 3.63) is 59.6 Å². The molecule has 0 spiro atoms. The zero-order valence-corrected chi connectivity index (χ0v) is 8.63. The lowest BCUT2D eigenvalue weighted by atomic mass is 10.0. The number of alkyl halides is 3. The molecule has 1 aromatic rings. The Balaban J connectivity index is 2.19. The van der Waals surface area contributed by atoms with Crippen LogP contribution in [0, 0.1) is 5.82 Å². The molecule has 0 radical (unpaired) electrons. The lowest BCUT2D eigenvalue weighted by Crippen LogP contribution is -2.22. The van der Waals surface area contributed by atoms with Gasteiger partial charge in [-0.3, -0.25) is 0 Å². The van der Waals surface area contributed by atoms with Crippen LogP contribution in [0.3, 0.4) is 0 Å². The summed E-state index contributed by atoms with van der Waals surface area (Å²) < 4.78 is 50.3. The fourth-order valence-electron chi connectivity index (χ4n) is 1.58. The third-order valence-electron chi connectivity index (χ3n) is 2.45. The van der Waals surface area contributed by atoms with Crippen molar-refractivity contribution in [2.75, 3.05) is 0 Å². The van der Waals surface area contributed by atoms with E-state index in [2.05, 4.69) is 5.32 Å². The van der Waals surface area contributed by atoms with Gasteiger partial charge in [0.15, 0.2) is 0 Å². The minimum atomic E-state index is -4.39. The maximum Gasteiger partial charge on any atom is 0.417 e. The number of nitrogens with one attached hydrogen (secondary N) is 1. The number of hydrogen-bond donors (Lipinski definition) is 1. The van der Waals surface area contributed by atoms with Crippen LogP contribution in [0.4, 0.5) is 17.6 Å².